The van der Waals surface area contributed by atoms with Crippen molar-refractivity contribution in [3.8, 4) is 11.4 Å². The molecule has 0 saturated heterocycles. The molecule has 25 heavy (non-hydrogen) atoms. The summed E-state index contributed by atoms with van der Waals surface area (Å²) in [5.41, 5.74) is 1.45. The molecule has 0 aliphatic rings. The van der Waals surface area contributed by atoms with Gasteiger partial charge in [0.1, 0.15) is 0 Å². The van der Waals surface area contributed by atoms with E-state index in [2.05, 4.69) is 26.1 Å². The number of nitrogen functional groups attached to an aromatic ring is 1. The molecule has 1 heterocycles. The van der Waals surface area contributed by atoms with E-state index in [4.69, 9.17) is 17.4 Å². The predicted molar refractivity (Wildman–Crippen MR) is 110 cm³/mol. The summed E-state index contributed by atoms with van der Waals surface area (Å²) in [4.78, 5) is 12.2. The molecule has 3 rings (SSSR count). The molecule has 0 spiro atoms. The van der Waals surface area contributed by atoms with Crippen LogP contribution in [0.2, 0.25) is 5.02 Å². The lowest BCUT2D eigenvalue weighted by atomic mass is 10.2. The summed E-state index contributed by atoms with van der Waals surface area (Å²) in [6, 6.07) is 14.4. The first kappa shape index (κ1) is 20.0. The maximum atomic E-state index is 12.2. The highest BCUT2D eigenvalue weighted by Gasteiger charge is 2.14. The Bertz CT molecular complexity index is 869. The first-order chi connectivity index (χ1) is 11.5. The van der Waals surface area contributed by atoms with Gasteiger partial charge >= 0.3 is 0 Å². The van der Waals surface area contributed by atoms with Gasteiger partial charge in [-0.1, -0.05) is 51.4 Å². The molecule has 0 amide bonds. The van der Waals surface area contributed by atoms with Crippen molar-refractivity contribution in [1.29, 1.82) is 0 Å². The Morgan fingerprint density at radius 1 is 1.12 bits per heavy atom. The molecule has 5 nitrogen and oxygen atoms in total. The van der Waals surface area contributed by atoms with Crippen molar-refractivity contribution in [3.05, 3.63) is 63.6 Å². The van der Waals surface area contributed by atoms with Crippen molar-refractivity contribution in [2.45, 2.75) is 5.16 Å². The Balaban J connectivity index is 0.00000225. The van der Waals surface area contributed by atoms with Gasteiger partial charge in [-0.05, 0) is 36.4 Å². The van der Waals surface area contributed by atoms with E-state index in [9.17, 15) is 4.79 Å². The molecule has 3 aromatic rings. The topological polar surface area (TPSA) is 73.8 Å². The van der Waals surface area contributed by atoms with Gasteiger partial charge in [-0.15, -0.1) is 27.2 Å². The molecule has 0 fully saturated rings. The molecule has 2 aromatic carbocycles. The number of nitrogens with two attached hydrogens (primary N) is 1. The van der Waals surface area contributed by atoms with Gasteiger partial charge in [-0.3, -0.25) is 4.79 Å². The number of ketones is 1. The molecule has 0 aliphatic carbocycles. The number of benzene rings is 2. The summed E-state index contributed by atoms with van der Waals surface area (Å²) in [7, 11) is 0. The quantitative estimate of drug-likeness (QED) is 0.312. The second-order valence-corrected chi connectivity index (χ2v) is 7.20. The van der Waals surface area contributed by atoms with Gasteiger partial charge in [0.05, 0.1) is 5.75 Å². The van der Waals surface area contributed by atoms with E-state index in [0.717, 1.165) is 10.0 Å². The van der Waals surface area contributed by atoms with Gasteiger partial charge in [0.2, 0.25) is 5.16 Å². The van der Waals surface area contributed by atoms with Crippen LogP contribution in [0.1, 0.15) is 10.4 Å². The van der Waals surface area contributed by atoms with Crippen LogP contribution >= 0.6 is 56.3 Å². The van der Waals surface area contributed by atoms with E-state index in [1.807, 2.05) is 24.3 Å². The third kappa shape index (κ3) is 4.84. The molecule has 9 heteroatoms. The molecule has 0 bridgehead atoms. The van der Waals surface area contributed by atoms with Crippen molar-refractivity contribution < 1.29 is 4.79 Å². The second-order valence-electron chi connectivity index (χ2n) is 4.90. The zero-order valence-corrected chi connectivity index (χ0v) is 17.6. The summed E-state index contributed by atoms with van der Waals surface area (Å²) in [6.45, 7) is 0. The van der Waals surface area contributed by atoms with Gasteiger partial charge in [-0.2, -0.15) is 0 Å². The molecular weight excluding hydrogens is 492 g/mol. The number of thioether (sulfide) groups is 1. The third-order valence-corrected chi connectivity index (χ3v) is 4.99. The van der Waals surface area contributed by atoms with Gasteiger partial charge in [-0.25, -0.2) is 4.68 Å². The molecule has 0 aliphatic heterocycles. The monoisotopic (exact) mass is 502 g/mol. The Morgan fingerprint density at radius 2 is 1.76 bits per heavy atom. The van der Waals surface area contributed by atoms with Crippen molar-refractivity contribution in [2.75, 3.05) is 11.6 Å². The normalized spacial score (nSPS) is 10.3. The van der Waals surface area contributed by atoms with Crippen LogP contribution in [-0.2, 0) is 0 Å². The van der Waals surface area contributed by atoms with E-state index < -0.39 is 0 Å². The summed E-state index contributed by atoms with van der Waals surface area (Å²) < 4.78 is 2.31. The minimum absolute atomic E-state index is 0. The summed E-state index contributed by atoms with van der Waals surface area (Å²) in [6.07, 6.45) is 0. The largest absolute Gasteiger partial charge is 0.335 e. The van der Waals surface area contributed by atoms with Crippen LogP contribution in [0.5, 0.6) is 0 Å². The maximum absolute atomic E-state index is 12.2. The second kappa shape index (κ2) is 8.84. The highest BCUT2D eigenvalue weighted by Crippen LogP contribution is 2.23. The fourth-order valence-electron chi connectivity index (χ4n) is 2.02. The SMILES string of the molecule is Br.Nn1c(SCC(=O)c2ccc(Br)cc2)nnc1-c1ccc(Cl)cc1. The van der Waals surface area contributed by atoms with E-state index in [1.165, 1.54) is 16.4 Å². The van der Waals surface area contributed by atoms with Crippen molar-refractivity contribution in [3.63, 3.8) is 0 Å². The predicted octanol–water partition coefficient (Wildman–Crippen LogP) is 4.63. The smallest absolute Gasteiger partial charge is 0.210 e. The standard InChI is InChI=1S/C16H12BrClN4OS.BrH/c17-12-5-1-10(2-6-12)14(23)9-24-16-21-20-15(22(16)19)11-3-7-13(18)8-4-11;/h1-8H,9,19H2;1H. The fraction of sp³-hybridized carbons (Fsp3) is 0.0625. The molecule has 0 atom stereocenters. The van der Waals surface area contributed by atoms with Gasteiger partial charge in [0, 0.05) is 20.6 Å². The van der Waals surface area contributed by atoms with E-state index in [1.54, 1.807) is 24.3 Å². The lowest BCUT2D eigenvalue weighted by Crippen LogP contribution is -2.12. The van der Waals surface area contributed by atoms with E-state index in [-0.39, 0.29) is 28.5 Å². The van der Waals surface area contributed by atoms with Crippen LogP contribution < -0.4 is 5.84 Å². The van der Waals surface area contributed by atoms with Crippen LogP contribution in [0, 0.1) is 0 Å². The molecule has 0 radical (unpaired) electrons. The van der Waals surface area contributed by atoms with E-state index in [0.29, 0.717) is 21.6 Å². The summed E-state index contributed by atoms with van der Waals surface area (Å²) >= 11 is 10.5. The first-order valence-corrected chi connectivity index (χ1v) is 9.08. The molecule has 2 N–H and O–H groups in total. The minimum Gasteiger partial charge on any atom is -0.335 e. The Labute approximate surface area is 172 Å². The number of hydrogen-bond acceptors (Lipinski definition) is 5. The van der Waals surface area contributed by atoms with Crippen LogP contribution in [0.25, 0.3) is 11.4 Å². The molecular formula is C16H13Br2ClN4OS. The van der Waals surface area contributed by atoms with Gasteiger partial charge in [0.25, 0.3) is 0 Å². The fourth-order valence-corrected chi connectivity index (χ4v) is 3.16. The number of aromatic nitrogens is 3. The van der Waals surface area contributed by atoms with E-state index >= 15 is 0 Å². The molecule has 0 saturated carbocycles. The zero-order valence-electron chi connectivity index (χ0n) is 12.7. The average Bonchev–Trinajstić information content (AvgIpc) is 2.95. The Hall–Kier alpha value is -1.35. The van der Waals surface area contributed by atoms with Crippen LogP contribution in [-0.4, -0.2) is 26.4 Å². The lowest BCUT2D eigenvalue weighted by Gasteiger charge is -2.04. The van der Waals surface area contributed by atoms with Crippen molar-refractivity contribution in [2.24, 2.45) is 0 Å². The highest BCUT2D eigenvalue weighted by atomic mass is 79.9. The lowest BCUT2D eigenvalue weighted by molar-refractivity contribution is 0.102. The number of hydrogen-bond donors (Lipinski definition) is 1. The molecule has 0 unspecified atom stereocenters. The number of halogens is 3. The van der Waals surface area contributed by atoms with Crippen LogP contribution in [0.3, 0.4) is 0 Å². The summed E-state index contributed by atoms with van der Waals surface area (Å²) in [5, 5.41) is 9.25. The average molecular weight is 505 g/mol. The summed E-state index contributed by atoms with van der Waals surface area (Å²) in [5.74, 6) is 6.79. The van der Waals surface area contributed by atoms with Crippen molar-refractivity contribution >= 4 is 62.1 Å². The number of nitrogens with zero attached hydrogens (tertiary/aromatic N) is 3. The maximum Gasteiger partial charge on any atom is 0.210 e. The van der Waals surface area contributed by atoms with Crippen LogP contribution in [0.4, 0.5) is 0 Å². The van der Waals surface area contributed by atoms with Gasteiger partial charge in [0.15, 0.2) is 11.6 Å². The highest BCUT2D eigenvalue weighted by molar-refractivity contribution is 9.10. The molecule has 1 aromatic heterocycles. The molecule has 130 valence electrons. The van der Waals surface area contributed by atoms with Crippen LogP contribution in [0.15, 0.2) is 58.2 Å². The third-order valence-electron chi connectivity index (χ3n) is 3.27. The number of rotatable bonds is 5. The Morgan fingerprint density at radius 3 is 2.40 bits per heavy atom. The Kier molecular flexibility index (Phi) is 7.06. The number of carbonyl (C=O) groups is 1. The minimum atomic E-state index is 0. The van der Waals surface area contributed by atoms with Gasteiger partial charge < -0.3 is 5.84 Å². The number of Topliss-reactive ketones (excluding diaryl/α,β-unsaturated/α-hetero) is 1. The first-order valence-electron chi connectivity index (χ1n) is 6.92. The number of carbonyl (C=O) groups excluding carboxylic acids is 1. The van der Waals surface area contributed by atoms with Crippen molar-refractivity contribution in [1.82, 2.24) is 14.9 Å². The zero-order chi connectivity index (χ0) is 17.1.